The lowest BCUT2D eigenvalue weighted by molar-refractivity contribution is 0.0357. The van der Waals surface area contributed by atoms with Gasteiger partial charge >= 0.3 is 0 Å². The van der Waals surface area contributed by atoms with Crippen molar-refractivity contribution in [1.82, 2.24) is 14.7 Å². The number of nitrogens with zero attached hydrogens (tertiary/aromatic N) is 3. The minimum atomic E-state index is -0.624. The fraction of sp³-hybridized carbons (Fsp3) is 0.290. The number of hydrogen-bond donors (Lipinski definition) is 1. The minimum Gasteiger partial charge on any atom is -0.507 e. The van der Waals surface area contributed by atoms with Gasteiger partial charge in [-0.05, 0) is 54.8 Å². The maximum absolute atomic E-state index is 14.5. The number of ether oxygens (including phenoxy) is 1. The standard InChI is InChI=1S/C31H31F2N3O3/c1-21-29(26-10-2-3-11-28(26)37)30(31(38)36(34-21)13-12-35-14-16-39-17-15-35)27(23-7-5-9-25(33)20-23)19-22-6-4-8-24(32)18-22/h2-11,18,20,27,37H,12-17,19H2,1H3. The van der Waals surface area contributed by atoms with Gasteiger partial charge < -0.3 is 9.84 Å². The molecule has 1 aliphatic rings. The third-order valence-corrected chi connectivity index (χ3v) is 7.20. The van der Waals surface area contributed by atoms with E-state index < -0.39 is 11.7 Å². The van der Waals surface area contributed by atoms with Gasteiger partial charge in [0.15, 0.2) is 0 Å². The molecule has 0 saturated carbocycles. The summed E-state index contributed by atoms with van der Waals surface area (Å²) in [6.45, 7) is 5.65. The molecule has 8 heteroatoms. The molecule has 1 saturated heterocycles. The number of halogens is 2. The lowest BCUT2D eigenvalue weighted by Gasteiger charge is -2.27. The number of phenols is 1. The zero-order chi connectivity index (χ0) is 27.4. The third kappa shape index (κ3) is 6.08. The highest BCUT2D eigenvalue weighted by atomic mass is 19.1. The normalized spacial score (nSPS) is 14.8. The lowest BCUT2D eigenvalue weighted by atomic mass is 9.82. The van der Waals surface area contributed by atoms with Crippen LogP contribution in [-0.4, -0.2) is 52.6 Å². The lowest BCUT2D eigenvalue weighted by Crippen LogP contribution is -2.40. The molecule has 0 radical (unpaired) electrons. The van der Waals surface area contributed by atoms with E-state index in [2.05, 4.69) is 10.00 Å². The van der Waals surface area contributed by atoms with Crippen LogP contribution in [0.5, 0.6) is 5.75 Å². The summed E-state index contributed by atoms with van der Waals surface area (Å²) in [4.78, 5) is 16.5. The number of benzene rings is 3. The van der Waals surface area contributed by atoms with Crippen molar-refractivity contribution in [3.8, 4) is 16.9 Å². The first-order chi connectivity index (χ1) is 18.9. The second kappa shape index (κ2) is 11.9. The summed E-state index contributed by atoms with van der Waals surface area (Å²) < 4.78 is 35.6. The number of hydrogen-bond acceptors (Lipinski definition) is 5. The molecule has 1 unspecified atom stereocenters. The van der Waals surface area contributed by atoms with Crippen LogP contribution >= 0.6 is 0 Å². The van der Waals surface area contributed by atoms with Gasteiger partial charge in [-0.15, -0.1) is 0 Å². The zero-order valence-electron chi connectivity index (χ0n) is 21.8. The molecule has 2 heterocycles. The topological polar surface area (TPSA) is 67.6 Å². The van der Waals surface area contributed by atoms with Crippen molar-refractivity contribution in [1.29, 1.82) is 0 Å². The molecule has 5 rings (SSSR count). The maximum Gasteiger partial charge on any atom is 0.271 e. The average molecular weight is 532 g/mol. The van der Waals surface area contributed by atoms with Crippen molar-refractivity contribution >= 4 is 0 Å². The summed E-state index contributed by atoms with van der Waals surface area (Å²) in [6.07, 6.45) is 0.254. The summed E-state index contributed by atoms with van der Waals surface area (Å²) in [5.74, 6) is -1.43. The van der Waals surface area contributed by atoms with E-state index in [0.29, 0.717) is 59.8 Å². The number of morpholine rings is 1. The largest absolute Gasteiger partial charge is 0.507 e. The Labute approximate surface area is 226 Å². The second-order valence-corrected chi connectivity index (χ2v) is 9.82. The van der Waals surface area contributed by atoms with Crippen LogP contribution in [0.3, 0.4) is 0 Å². The van der Waals surface area contributed by atoms with Crippen molar-refractivity contribution in [3.05, 3.63) is 117 Å². The molecule has 1 atom stereocenters. The minimum absolute atomic E-state index is 0.0119. The molecular weight excluding hydrogens is 500 g/mol. The van der Waals surface area contributed by atoms with Crippen LogP contribution in [0.1, 0.15) is 28.3 Å². The van der Waals surface area contributed by atoms with E-state index in [9.17, 15) is 18.7 Å². The number of aryl methyl sites for hydroxylation is 1. The highest BCUT2D eigenvalue weighted by Crippen LogP contribution is 2.38. The quantitative estimate of drug-likeness (QED) is 0.350. The summed E-state index contributed by atoms with van der Waals surface area (Å²) in [6, 6.07) is 19.1. The predicted octanol–water partition coefficient (Wildman–Crippen LogP) is 4.91. The van der Waals surface area contributed by atoms with Crippen molar-refractivity contribution in [3.63, 3.8) is 0 Å². The first kappa shape index (κ1) is 26.7. The van der Waals surface area contributed by atoms with Crippen LogP contribution in [0.15, 0.2) is 77.6 Å². The fourth-order valence-corrected chi connectivity index (χ4v) is 5.29. The highest BCUT2D eigenvalue weighted by molar-refractivity contribution is 5.75. The van der Waals surface area contributed by atoms with Crippen LogP contribution < -0.4 is 5.56 Å². The Kier molecular flexibility index (Phi) is 8.14. The van der Waals surface area contributed by atoms with E-state index in [1.54, 1.807) is 55.5 Å². The molecule has 1 aromatic heterocycles. The van der Waals surface area contributed by atoms with E-state index in [1.807, 2.05) is 0 Å². The second-order valence-electron chi connectivity index (χ2n) is 9.82. The van der Waals surface area contributed by atoms with E-state index >= 15 is 0 Å². The predicted molar refractivity (Wildman–Crippen MR) is 146 cm³/mol. The van der Waals surface area contributed by atoms with Crippen LogP contribution in [0.4, 0.5) is 8.78 Å². The van der Waals surface area contributed by atoms with Gasteiger partial charge in [-0.3, -0.25) is 9.69 Å². The first-order valence-electron chi connectivity index (χ1n) is 13.1. The van der Waals surface area contributed by atoms with Gasteiger partial charge in [0, 0.05) is 42.2 Å². The Hall–Kier alpha value is -3.88. The number of para-hydroxylation sites is 1. The molecule has 1 N–H and O–H groups in total. The maximum atomic E-state index is 14.5. The van der Waals surface area contributed by atoms with E-state index in [4.69, 9.17) is 4.74 Å². The van der Waals surface area contributed by atoms with Crippen LogP contribution in [-0.2, 0) is 17.7 Å². The molecule has 4 aromatic rings. The van der Waals surface area contributed by atoms with E-state index in [-0.39, 0.29) is 23.5 Å². The van der Waals surface area contributed by atoms with Crippen molar-refractivity contribution in [2.24, 2.45) is 0 Å². The van der Waals surface area contributed by atoms with Gasteiger partial charge in [0.05, 0.1) is 25.5 Å². The Morgan fingerprint density at radius 3 is 2.38 bits per heavy atom. The molecular formula is C31H31F2N3O3. The molecule has 6 nitrogen and oxygen atoms in total. The summed E-state index contributed by atoms with van der Waals surface area (Å²) in [5, 5.41) is 15.5. The molecule has 202 valence electrons. The van der Waals surface area contributed by atoms with E-state index in [0.717, 1.165) is 13.1 Å². The average Bonchev–Trinajstić information content (AvgIpc) is 2.93. The zero-order valence-corrected chi connectivity index (χ0v) is 21.8. The van der Waals surface area contributed by atoms with Crippen molar-refractivity contribution in [2.45, 2.75) is 25.8 Å². The summed E-state index contributed by atoms with van der Waals surface area (Å²) >= 11 is 0. The summed E-state index contributed by atoms with van der Waals surface area (Å²) in [5.41, 5.74) is 2.86. The Morgan fingerprint density at radius 1 is 0.949 bits per heavy atom. The fourth-order valence-electron chi connectivity index (χ4n) is 5.29. The first-order valence-corrected chi connectivity index (χ1v) is 13.1. The summed E-state index contributed by atoms with van der Waals surface area (Å²) in [7, 11) is 0. The number of aromatic nitrogens is 2. The highest BCUT2D eigenvalue weighted by Gasteiger charge is 2.28. The van der Waals surface area contributed by atoms with Gasteiger partial charge in [-0.1, -0.05) is 42.5 Å². The molecule has 0 spiro atoms. The molecule has 39 heavy (non-hydrogen) atoms. The third-order valence-electron chi connectivity index (χ3n) is 7.20. The SMILES string of the molecule is Cc1nn(CCN2CCOCC2)c(=O)c(C(Cc2cccc(F)c2)c2cccc(F)c2)c1-c1ccccc1O. The molecule has 3 aromatic carbocycles. The van der Waals surface area contributed by atoms with Crippen molar-refractivity contribution in [2.75, 3.05) is 32.8 Å². The molecule has 1 fully saturated rings. The van der Waals surface area contributed by atoms with Crippen molar-refractivity contribution < 1.29 is 18.6 Å². The van der Waals surface area contributed by atoms with Crippen LogP contribution in [0.2, 0.25) is 0 Å². The number of phenolic OH excluding ortho intramolecular Hbond substituents is 1. The molecule has 0 bridgehead atoms. The number of rotatable bonds is 8. The van der Waals surface area contributed by atoms with Crippen LogP contribution in [0.25, 0.3) is 11.1 Å². The monoisotopic (exact) mass is 531 g/mol. The van der Waals surface area contributed by atoms with Gasteiger partial charge in [-0.25, -0.2) is 13.5 Å². The Bertz CT molecular complexity index is 1520. The number of aromatic hydroxyl groups is 1. The Balaban J connectivity index is 1.70. The van der Waals surface area contributed by atoms with Crippen LogP contribution in [0, 0.1) is 18.6 Å². The molecule has 1 aliphatic heterocycles. The Morgan fingerprint density at radius 2 is 1.67 bits per heavy atom. The van der Waals surface area contributed by atoms with Gasteiger partial charge in [0.1, 0.15) is 17.4 Å². The van der Waals surface area contributed by atoms with Gasteiger partial charge in [0.25, 0.3) is 5.56 Å². The molecule has 0 aliphatic carbocycles. The van der Waals surface area contributed by atoms with Gasteiger partial charge in [-0.2, -0.15) is 5.10 Å². The molecule has 0 amide bonds. The van der Waals surface area contributed by atoms with Gasteiger partial charge in [0.2, 0.25) is 0 Å². The smallest absolute Gasteiger partial charge is 0.271 e. The van der Waals surface area contributed by atoms with E-state index in [1.165, 1.54) is 28.9 Å².